The lowest BCUT2D eigenvalue weighted by atomic mass is 9.73. The molecule has 3 nitrogen and oxygen atoms in total. The summed E-state index contributed by atoms with van der Waals surface area (Å²) in [7, 11) is 2.06. The predicted octanol–water partition coefficient (Wildman–Crippen LogP) is 3.98. The molecule has 0 radical (unpaired) electrons. The van der Waals surface area contributed by atoms with E-state index in [1.807, 2.05) is 0 Å². The number of nitrogens with zero attached hydrogens (tertiary/aromatic N) is 2. The van der Waals surface area contributed by atoms with Crippen molar-refractivity contribution in [3.8, 4) is 0 Å². The molecular formula is C16H28BrN3. The Bertz CT molecular complexity index is 431. The van der Waals surface area contributed by atoms with Crippen LogP contribution < -0.4 is 5.73 Å². The van der Waals surface area contributed by atoms with Gasteiger partial charge in [-0.1, -0.05) is 39.0 Å². The number of rotatable bonds is 4. The van der Waals surface area contributed by atoms with Crippen LogP contribution in [0.1, 0.15) is 63.3 Å². The van der Waals surface area contributed by atoms with E-state index in [4.69, 9.17) is 5.73 Å². The summed E-state index contributed by atoms with van der Waals surface area (Å²) in [5.41, 5.74) is 8.97. The number of halogens is 1. The maximum absolute atomic E-state index is 6.20. The molecule has 0 amide bonds. The van der Waals surface area contributed by atoms with Gasteiger partial charge in [0, 0.05) is 7.05 Å². The smallest absolute Gasteiger partial charge is 0.0766 e. The number of aromatic nitrogens is 2. The van der Waals surface area contributed by atoms with Crippen molar-refractivity contribution in [3.63, 3.8) is 0 Å². The maximum atomic E-state index is 6.20. The molecule has 1 aliphatic rings. The predicted molar refractivity (Wildman–Crippen MR) is 87.8 cm³/mol. The van der Waals surface area contributed by atoms with Crippen molar-refractivity contribution in [2.75, 3.05) is 6.54 Å². The fraction of sp³-hybridized carbons (Fsp3) is 0.812. The molecule has 1 saturated carbocycles. The highest BCUT2D eigenvalue weighted by Gasteiger charge is 2.31. The lowest BCUT2D eigenvalue weighted by Crippen LogP contribution is -2.34. The lowest BCUT2D eigenvalue weighted by Gasteiger charge is -2.34. The quantitative estimate of drug-likeness (QED) is 0.900. The van der Waals surface area contributed by atoms with Crippen LogP contribution >= 0.6 is 15.9 Å². The molecular weight excluding hydrogens is 314 g/mol. The third-order valence-corrected chi connectivity index (χ3v) is 5.81. The standard InChI is InChI=1S/C16H28BrN3/c1-3-13-15(17)14(20(2)19-13)11-16(12-18)9-7-5-4-6-8-10-16/h3-12,18H2,1-2H3. The van der Waals surface area contributed by atoms with Gasteiger partial charge in [0.1, 0.15) is 0 Å². The van der Waals surface area contributed by atoms with E-state index in [0.717, 1.165) is 19.4 Å². The minimum absolute atomic E-state index is 0.280. The first-order valence-corrected chi connectivity index (χ1v) is 8.81. The van der Waals surface area contributed by atoms with Crippen LogP contribution in [0.3, 0.4) is 0 Å². The van der Waals surface area contributed by atoms with Gasteiger partial charge in [0.05, 0.1) is 15.9 Å². The molecule has 0 bridgehead atoms. The zero-order valence-electron chi connectivity index (χ0n) is 12.9. The second-order valence-electron chi connectivity index (χ2n) is 6.33. The van der Waals surface area contributed by atoms with E-state index >= 15 is 0 Å². The third-order valence-electron chi connectivity index (χ3n) is 4.89. The highest BCUT2D eigenvalue weighted by molar-refractivity contribution is 9.10. The first-order valence-electron chi connectivity index (χ1n) is 8.02. The van der Waals surface area contributed by atoms with Gasteiger partial charge in [-0.15, -0.1) is 0 Å². The summed E-state index contributed by atoms with van der Waals surface area (Å²) < 4.78 is 3.26. The van der Waals surface area contributed by atoms with E-state index in [2.05, 4.69) is 39.7 Å². The van der Waals surface area contributed by atoms with E-state index in [1.165, 1.54) is 60.8 Å². The van der Waals surface area contributed by atoms with Crippen LogP contribution in [-0.4, -0.2) is 16.3 Å². The molecule has 1 aromatic rings. The Morgan fingerprint density at radius 2 is 1.80 bits per heavy atom. The van der Waals surface area contributed by atoms with E-state index in [1.54, 1.807) is 0 Å². The van der Waals surface area contributed by atoms with E-state index in [0.29, 0.717) is 0 Å². The molecule has 1 fully saturated rings. The van der Waals surface area contributed by atoms with Gasteiger partial charge in [-0.2, -0.15) is 5.10 Å². The molecule has 20 heavy (non-hydrogen) atoms. The molecule has 1 aliphatic carbocycles. The molecule has 0 saturated heterocycles. The SMILES string of the molecule is CCc1nn(C)c(CC2(CN)CCCCCCC2)c1Br. The Labute approximate surface area is 131 Å². The lowest BCUT2D eigenvalue weighted by molar-refractivity contribution is 0.212. The normalized spacial score (nSPS) is 19.6. The molecule has 0 spiro atoms. The van der Waals surface area contributed by atoms with Crippen molar-refractivity contribution in [1.82, 2.24) is 9.78 Å². The van der Waals surface area contributed by atoms with Gasteiger partial charge >= 0.3 is 0 Å². The Morgan fingerprint density at radius 1 is 1.20 bits per heavy atom. The molecule has 114 valence electrons. The summed E-state index contributed by atoms with van der Waals surface area (Å²) in [4.78, 5) is 0. The van der Waals surface area contributed by atoms with E-state index in [9.17, 15) is 0 Å². The largest absolute Gasteiger partial charge is 0.330 e. The van der Waals surface area contributed by atoms with Gasteiger partial charge in [-0.25, -0.2) is 0 Å². The number of nitrogens with two attached hydrogens (primary N) is 1. The highest BCUT2D eigenvalue weighted by Crippen LogP contribution is 2.38. The molecule has 2 rings (SSSR count). The van der Waals surface area contributed by atoms with Crippen LogP contribution in [0.4, 0.5) is 0 Å². The Kier molecular flexibility index (Phi) is 5.67. The summed E-state index contributed by atoms with van der Waals surface area (Å²) in [6.45, 7) is 2.96. The molecule has 0 aromatic carbocycles. The van der Waals surface area contributed by atoms with Crippen molar-refractivity contribution in [2.45, 2.75) is 64.7 Å². The molecule has 1 aromatic heterocycles. The molecule has 0 aliphatic heterocycles. The van der Waals surface area contributed by atoms with Crippen molar-refractivity contribution in [3.05, 3.63) is 15.9 Å². The van der Waals surface area contributed by atoms with Crippen molar-refractivity contribution in [1.29, 1.82) is 0 Å². The minimum atomic E-state index is 0.280. The molecule has 4 heteroatoms. The first-order chi connectivity index (χ1) is 9.62. The van der Waals surface area contributed by atoms with Crippen LogP contribution in [0.5, 0.6) is 0 Å². The maximum Gasteiger partial charge on any atom is 0.0766 e. The summed E-state index contributed by atoms with van der Waals surface area (Å²) in [6, 6.07) is 0. The van der Waals surface area contributed by atoms with Crippen molar-refractivity contribution >= 4 is 15.9 Å². The van der Waals surface area contributed by atoms with Crippen LogP contribution in [0.25, 0.3) is 0 Å². The van der Waals surface area contributed by atoms with Gasteiger partial charge in [-0.3, -0.25) is 4.68 Å². The van der Waals surface area contributed by atoms with Gasteiger partial charge < -0.3 is 5.73 Å². The van der Waals surface area contributed by atoms with E-state index in [-0.39, 0.29) is 5.41 Å². The summed E-state index contributed by atoms with van der Waals surface area (Å²) in [6.07, 6.45) is 11.4. The van der Waals surface area contributed by atoms with Crippen LogP contribution in [0, 0.1) is 5.41 Å². The first kappa shape index (κ1) is 16.0. The van der Waals surface area contributed by atoms with Gasteiger partial charge in [-0.05, 0) is 53.6 Å². The third kappa shape index (κ3) is 3.45. The molecule has 0 atom stereocenters. The zero-order valence-corrected chi connectivity index (χ0v) is 14.5. The number of hydrogen-bond acceptors (Lipinski definition) is 2. The van der Waals surface area contributed by atoms with Crippen LogP contribution in [0.15, 0.2) is 4.47 Å². The Balaban J connectivity index is 2.22. The van der Waals surface area contributed by atoms with Crippen molar-refractivity contribution < 1.29 is 0 Å². The monoisotopic (exact) mass is 341 g/mol. The Morgan fingerprint density at radius 3 is 2.30 bits per heavy atom. The molecule has 0 unspecified atom stereocenters. The summed E-state index contributed by atoms with van der Waals surface area (Å²) >= 11 is 3.75. The molecule has 2 N–H and O–H groups in total. The average molecular weight is 342 g/mol. The van der Waals surface area contributed by atoms with Gasteiger partial charge in [0.15, 0.2) is 0 Å². The highest BCUT2D eigenvalue weighted by atomic mass is 79.9. The Hall–Kier alpha value is -0.350. The molecule has 1 heterocycles. The fourth-order valence-electron chi connectivity index (χ4n) is 3.48. The second-order valence-corrected chi connectivity index (χ2v) is 7.13. The van der Waals surface area contributed by atoms with Crippen LogP contribution in [0.2, 0.25) is 0 Å². The summed E-state index contributed by atoms with van der Waals surface area (Å²) in [5.74, 6) is 0. The fourth-order valence-corrected chi connectivity index (χ4v) is 4.23. The second kappa shape index (κ2) is 7.08. The zero-order chi connectivity index (χ0) is 14.6. The van der Waals surface area contributed by atoms with Gasteiger partial charge in [0.2, 0.25) is 0 Å². The minimum Gasteiger partial charge on any atom is -0.330 e. The topological polar surface area (TPSA) is 43.8 Å². The number of hydrogen-bond donors (Lipinski definition) is 1. The summed E-state index contributed by atoms with van der Waals surface area (Å²) in [5, 5.41) is 4.63. The van der Waals surface area contributed by atoms with Crippen molar-refractivity contribution in [2.24, 2.45) is 18.2 Å². The average Bonchev–Trinajstić information content (AvgIpc) is 2.69. The van der Waals surface area contributed by atoms with E-state index < -0.39 is 0 Å². The van der Waals surface area contributed by atoms with Gasteiger partial charge in [0.25, 0.3) is 0 Å². The van der Waals surface area contributed by atoms with Crippen LogP contribution in [-0.2, 0) is 19.9 Å². The number of aryl methyl sites for hydroxylation is 2.